The average molecular weight is 420 g/mol. The summed E-state index contributed by atoms with van der Waals surface area (Å²) < 4.78 is 115. The Bertz CT molecular complexity index is 972. The predicted octanol–water partition coefficient (Wildman–Crippen LogP) is 4.31. The molecule has 0 bridgehead atoms. The van der Waals surface area contributed by atoms with Gasteiger partial charge in [-0.25, -0.2) is 4.98 Å². The van der Waals surface area contributed by atoms with E-state index in [1.807, 2.05) is 0 Å². The first-order valence-electron chi connectivity index (χ1n) is 9.43. The van der Waals surface area contributed by atoms with Crippen molar-refractivity contribution in [1.29, 1.82) is 0 Å². The van der Waals surface area contributed by atoms with Gasteiger partial charge in [0.2, 0.25) is 11.9 Å². The van der Waals surface area contributed by atoms with Crippen LogP contribution in [-0.4, -0.2) is 44.3 Å². The van der Waals surface area contributed by atoms with Crippen molar-refractivity contribution in [1.82, 2.24) is 19.9 Å². The molecule has 0 aliphatic rings. The molecule has 2 aromatic rings. The quantitative estimate of drug-likeness (QED) is 0.555. The molecule has 0 amide bonds. The van der Waals surface area contributed by atoms with Gasteiger partial charge in [0.25, 0.3) is 0 Å². The summed E-state index contributed by atoms with van der Waals surface area (Å²) in [5, 5.41) is 2.91. The van der Waals surface area contributed by atoms with Crippen LogP contribution in [0.25, 0.3) is 11.5 Å². The molecule has 0 aliphatic heterocycles. The number of aromatic nitrogens is 4. The maximum atomic E-state index is 13.4. The second-order valence-electron chi connectivity index (χ2n) is 4.97. The number of rotatable bonds is 5. The molecule has 2 heterocycles. The molecule has 2 atom stereocenters. The summed E-state index contributed by atoms with van der Waals surface area (Å²) in [7, 11) is 0. The summed E-state index contributed by atoms with van der Waals surface area (Å²) in [5.41, 5.74) is -0.442. The lowest BCUT2D eigenvalue weighted by molar-refractivity contribution is -0.139. The van der Waals surface area contributed by atoms with Gasteiger partial charge in [-0.3, -0.25) is 0 Å². The SMILES string of the molecule is [2H]c1ccc(Cl)nc1-c1nc(N[C@H](C)C(F)(F)F)nc(N[C@]([2H])(C([2H])([2H])[2H])C(F)(F)F)n1. The molecular weight excluding hydrogens is 402 g/mol. The van der Waals surface area contributed by atoms with Gasteiger partial charge in [0.1, 0.15) is 22.9 Å². The third-order valence-electron chi connectivity index (χ3n) is 2.86. The summed E-state index contributed by atoms with van der Waals surface area (Å²) in [6.45, 7) is -3.32. The zero-order chi connectivity index (χ0) is 24.7. The van der Waals surface area contributed by atoms with Gasteiger partial charge in [-0.2, -0.15) is 41.3 Å². The molecule has 0 spiro atoms. The monoisotopic (exact) mass is 419 g/mol. The van der Waals surface area contributed by atoms with E-state index < -0.39 is 60.7 Å². The van der Waals surface area contributed by atoms with E-state index in [1.165, 1.54) is 11.4 Å². The summed E-state index contributed by atoms with van der Waals surface area (Å²) in [4.78, 5) is 14.2. The van der Waals surface area contributed by atoms with E-state index in [2.05, 4.69) is 19.9 Å². The molecule has 6 nitrogen and oxygen atoms in total. The van der Waals surface area contributed by atoms with Crippen LogP contribution >= 0.6 is 11.6 Å². The number of nitrogens with one attached hydrogen (secondary N) is 2. The number of pyridine rings is 1. The molecule has 0 aliphatic carbocycles. The van der Waals surface area contributed by atoms with Crippen molar-refractivity contribution < 1.29 is 33.2 Å². The molecule has 0 aromatic carbocycles. The van der Waals surface area contributed by atoms with Crippen LogP contribution in [0.3, 0.4) is 0 Å². The van der Waals surface area contributed by atoms with Crippen molar-refractivity contribution in [3.05, 3.63) is 23.3 Å². The fourth-order valence-electron chi connectivity index (χ4n) is 1.54. The summed E-state index contributed by atoms with van der Waals surface area (Å²) in [6, 6.07) is -4.70. The van der Waals surface area contributed by atoms with E-state index in [0.717, 1.165) is 6.07 Å². The van der Waals surface area contributed by atoms with Crippen LogP contribution < -0.4 is 10.6 Å². The predicted molar refractivity (Wildman–Crippen MR) is 86.3 cm³/mol. The van der Waals surface area contributed by atoms with Crippen LogP contribution in [0.2, 0.25) is 5.15 Å². The maximum absolute atomic E-state index is 13.4. The molecular formula is C14H13ClF6N6. The fourth-order valence-corrected chi connectivity index (χ4v) is 1.69. The summed E-state index contributed by atoms with van der Waals surface area (Å²) in [6.07, 6.45) is -10.5. The zero-order valence-corrected chi connectivity index (χ0v) is 13.9. The molecule has 0 saturated heterocycles. The molecule has 13 heteroatoms. The highest BCUT2D eigenvalue weighted by Crippen LogP contribution is 2.26. The van der Waals surface area contributed by atoms with E-state index in [-0.39, 0.29) is 5.15 Å². The van der Waals surface area contributed by atoms with Gasteiger partial charge in [0.15, 0.2) is 5.82 Å². The molecule has 2 rings (SSSR count). The molecule has 2 N–H and O–H groups in total. The van der Waals surface area contributed by atoms with Gasteiger partial charge in [-0.05, 0) is 25.9 Å². The highest BCUT2D eigenvalue weighted by Gasteiger charge is 2.38. The van der Waals surface area contributed by atoms with Crippen molar-refractivity contribution in [2.75, 3.05) is 10.6 Å². The first kappa shape index (κ1) is 14.7. The number of hydrogen-bond donors (Lipinski definition) is 2. The van der Waals surface area contributed by atoms with Crippen molar-refractivity contribution in [3.8, 4) is 11.5 Å². The standard InChI is InChI=1S/C14H13ClF6N6/c1-6(13(16,17)18)22-11-25-10(8-4-3-5-9(15)24-8)26-12(27-11)23-7(2)14(19,20)21/h3-7H,1-2H3,(H2,22,23,25,26,27)/t6-,7-/m1/s1/i1D3,4D,6D. The Morgan fingerprint density at radius 3 is 2.26 bits per heavy atom. The van der Waals surface area contributed by atoms with Gasteiger partial charge < -0.3 is 10.6 Å². The van der Waals surface area contributed by atoms with Gasteiger partial charge >= 0.3 is 12.4 Å². The van der Waals surface area contributed by atoms with E-state index in [1.54, 1.807) is 5.32 Å². The summed E-state index contributed by atoms with van der Waals surface area (Å²) in [5.74, 6) is -2.81. The van der Waals surface area contributed by atoms with E-state index in [9.17, 15) is 26.3 Å². The Morgan fingerprint density at radius 1 is 1.07 bits per heavy atom. The summed E-state index contributed by atoms with van der Waals surface area (Å²) >= 11 is 5.72. The van der Waals surface area contributed by atoms with Crippen molar-refractivity contribution in [2.45, 2.75) is 38.2 Å². The van der Waals surface area contributed by atoms with Crippen LogP contribution in [-0.2, 0) is 0 Å². The van der Waals surface area contributed by atoms with Crippen molar-refractivity contribution in [2.24, 2.45) is 0 Å². The van der Waals surface area contributed by atoms with Crippen LogP contribution in [0, 0.1) is 0 Å². The number of nitrogens with zero attached hydrogens (tertiary/aromatic N) is 4. The molecule has 0 radical (unpaired) electrons. The molecule has 0 fully saturated rings. The molecule has 0 saturated carbocycles. The Kier molecular flexibility index (Phi) is 4.18. The second-order valence-corrected chi connectivity index (χ2v) is 5.36. The van der Waals surface area contributed by atoms with Crippen LogP contribution in [0.4, 0.5) is 38.2 Å². The maximum Gasteiger partial charge on any atom is 0.408 e. The fraction of sp³-hybridized carbons (Fsp3) is 0.429. The second kappa shape index (κ2) is 7.71. The van der Waals surface area contributed by atoms with E-state index >= 15 is 0 Å². The first-order chi connectivity index (χ1) is 14.3. The Balaban J connectivity index is 2.66. The topological polar surface area (TPSA) is 75.6 Å². The Hall–Kier alpha value is -2.37. The lowest BCUT2D eigenvalue weighted by Crippen LogP contribution is -2.35. The van der Waals surface area contributed by atoms with Crippen molar-refractivity contribution >= 4 is 23.5 Å². The highest BCUT2D eigenvalue weighted by atomic mass is 35.5. The molecule has 0 unspecified atom stereocenters. The van der Waals surface area contributed by atoms with Crippen molar-refractivity contribution in [3.63, 3.8) is 0 Å². The highest BCUT2D eigenvalue weighted by molar-refractivity contribution is 6.29. The van der Waals surface area contributed by atoms with Gasteiger partial charge in [-0.1, -0.05) is 17.7 Å². The van der Waals surface area contributed by atoms with Crippen LogP contribution in [0.15, 0.2) is 18.2 Å². The minimum Gasteiger partial charge on any atom is -0.343 e. The zero-order valence-electron chi connectivity index (χ0n) is 18.2. The molecule has 2 aromatic heterocycles. The minimum absolute atomic E-state index is 0.197. The van der Waals surface area contributed by atoms with E-state index in [4.69, 9.17) is 18.5 Å². The molecule has 148 valence electrons. The normalized spacial score (nSPS) is 18.9. The van der Waals surface area contributed by atoms with Crippen LogP contribution in [0.1, 0.15) is 20.6 Å². The number of halogens is 7. The lowest BCUT2D eigenvalue weighted by Gasteiger charge is -2.20. The number of hydrogen-bond acceptors (Lipinski definition) is 6. The lowest BCUT2D eigenvalue weighted by atomic mass is 10.3. The number of alkyl halides is 6. The van der Waals surface area contributed by atoms with Crippen LogP contribution in [0.5, 0.6) is 0 Å². The Morgan fingerprint density at radius 2 is 1.70 bits per heavy atom. The third-order valence-corrected chi connectivity index (χ3v) is 3.07. The number of anilines is 2. The molecule has 27 heavy (non-hydrogen) atoms. The average Bonchev–Trinajstić information content (AvgIpc) is 2.60. The van der Waals surface area contributed by atoms with Gasteiger partial charge in [0, 0.05) is 4.11 Å². The Labute approximate surface area is 161 Å². The smallest absolute Gasteiger partial charge is 0.343 e. The van der Waals surface area contributed by atoms with Gasteiger partial charge in [-0.15, -0.1) is 0 Å². The largest absolute Gasteiger partial charge is 0.408 e. The third kappa shape index (κ3) is 5.81. The minimum atomic E-state index is -5.67. The van der Waals surface area contributed by atoms with E-state index in [0.29, 0.717) is 6.92 Å². The first-order valence-corrected chi connectivity index (χ1v) is 7.31. The van der Waals surface area contributed by atoms with Gasteiger partial charge in [0.05, 0.1) is 2.74 Å².